The quantitative estimate of drug-likeness (QED) is 0.619. The fourth-order valence-electron chi connectivity index (χ4n) is 2.83. The van der Waals surface area contributed by atoms with Crippen molar-refractivity contribution in [1.82, 2.24) is 14.6 Å². The van der Waals surface area contributed by atoms with Crippen LogP contribution in [-0.4, -0.2) is 21.7 Å². The Morgan fingerprint density at radius 1 is 1.09 bits per heavy atom. The summed E-state index contributed by atoms with van der Waals surface area (Å²) in [6, 6.07) is 15.1. The minimum Gasteiger partial charge on any atom is -0.497 e. The number of hydrogen-bond donors (Lipinski definition) is 1. The molecule has 0 aliphatic rings. The van der Waals surface area contributed by atoms with Gasteiger partial charge in [-0.25, -0.2) is 9.50 Å². The van der Waals surface area contributed by atoms with E-state index in [4.69, 9.17) is 4.74 Å². The Hall–Kier alpha value is -3.08. The molecule has 0 spiro atoms. The Balaban J connectivity index is 2.01. The predicted molar refractivity (Wildman–Crippen MR) is 90.0 cm³/mol. The number of nitrogens with one attached hydrogen (secondary N) is 1. The van der Waals surface area contributed by atoms with Crippen molar-refractivity contribution >= 4 is 16.6 Å². The largest absolute Gasteiger partial charge is 0.497 e. The molecule has 0 bridgehead atoms. The van der Waals surface area contributed by atoms with Gasteiger partial charge in [0.2, 0.25) is 0 Å². The average molecular weight is 305 g/mol. The third kappa shape index (κ3) is 2.01. The maximum Gasteiger partial charge on any atom is 0.280 e. The molecular formula is C18H15N3O2. The normalized spacial score (nSPS) is 11.2. The number of nitrogens with zero attached hydrogens (tertiary/aromatic N) is 2. The molecule has 4 rings (SSSR count). The molecule has 2 heterocycles. The summed E-state index contributed by atoms with van der Waals surface area (Å²) in [7, 11) is 1.64. The maximum atomic E-state index is 12.7. The lowest BCUT2D eigenvalue weighted by Gasteiger charge is -2.02. The van der Waals surface area contributed by atoms with Gasteiger partial charge in [0, 0.05) is 11.1 Å². The second kappa shape index (κ2) is 4.98. The molecule has 5 heteroatoms. The number of ether oxygens (including phenoxy) is 1. The lowest BCUT2D eigenvalue weighted by Crippen LogP contribution is -2.15. The van der Waals surface area contributed by atoms with E-state index in [9.17, 15) is 4.79 Å². The highest BCUT2D eigenvalue weighted by Gasteiger charge is 2.14. The smallest absolute Gasteiger partial charge is 0.280 e. The van der Waals surface area contributed by atoms with Crippen LogP contribution in [-0.2, 0) is 0 Å². The molecule has 0 saturated carbocycles. The number of methoxy groups -OCH3 is 1. The van der Waals surface area contributed by atoms with Crippen LogP contribution in [0.1, 0.15) is 5.56 Å². The fraction of sp³-hybridized carbons (Fsp3) is 0.111. The Morgan fingerprint density at radius 3 is 2.57 bits per heavy atom. The Bertz CT molecular complexity index is 1080. The van der Waals surface area contributed by atoms with Gasteiger partial charge in [-0.1, -0.05) is 12.1 Å². The van der Waals surface area contributed by atoms with Crippen LogP contribution in [0.15, 0.2) is 53.3 Å². The van der Waals surface area contributed by atoms with E-state index in [0.717, 1.165) is 22.6 Å². The van der Waals surface area contributed by atoms with Gasteiger partial charge < -0.3 is 4.74 Å². The van der Waals surface area contributed by atoms with E-state index >= 15 is 0 Å². The molecule has 114 valence electrons. The van der Waals surface area contributed by atoms with Crippen molar-refractivity contribution in [1.29, 1.82) is 0 Å². The van der Waals surface area contributed by atoms with Crippen molar-refractivity contribution in [2.75, 3.05) is 7.11 Å². The van der Waals surface area contributed by atoms with E-state index in [2.05, 4.69) is 10.1 Å². The molecule has 0 saturated heterocycles. The highest BCUT2D eigenvalue weighted by molar-refractivity contribution is 5.81. The predicted octanol–water partition coefficient (Wildman–Crippen LogP) is 3.16. The number of para-hydroxylation sites is 1. The van der Waals surface area contributed by atoms with Gasteiger partial charge >= 0.3 is 0 Å². The van der Waals surface area contributed by atoms with Crippen LogP contribution in [0, 0.1) is 6.92 Å². The zero-order valence-corrected chi connectivity index (χ0v) is 12.8. The Labute approximate surface area is 132 Å². The summed E-state index contributed by atoms with van der Waals surface area (Å²) in [5.41, 5.74) is 4.08. The molecule has 0 aliphatic heterocycles. The van der Waals surface area contributed by atoms with Gasteiger partial charge in [-0.2, -0.15) is 0 Å². The first-order valence-electron chi connectivity index (χ1n) is 7.33. The number of aromatic amines is 1. The summed E-state index contributed by atoms with van der Waals surface area (Å²) in [6.07, 6.45) is 0. The van der Waals surface area contributed by atoms with Crippen molar-refractivity contribution < 1.29 is 4.74 Å². The zero-order chi connectivity index (χ0) is 16.0. The third-order valence-electron chi connectivity index (χ3n) is 4.09. The highest BCUT2D eigenvalue weighted by Crippen LogP contribution is 2.26. The molecule has 2 aromatic heterocycles. The van der Waals surface area contributed by atoms with Gasteiger partial charge in [-0.3, -0.25) is 9.89 Å². The second-order valence-corrected chi connectivity index (χ2v) is 5.43. The number of fused-ring (bicyclic) bond motifs is 2. The van der Waals surface area contributed by atoms with Crippen molar-refractivity contribution in [2.24, 2.45) is 0 Å². The van der Waals surface area contributed by atoms with Crippen LogP contribution >= 0.6 is 0 Å². The molecule has 0 radical (unpaired) electrons. The molecule has 23 heavy (non-hydrogen) atoms. The summed E-state index contributed by atoms with van der Waals surface area (Å²) in [5.74, 6) is 0.795. The van der Waals surface area contributed by atoms with E-state index in [1.165, 1.54) is 4.52 Å². The number of H-pyrrole nitrogens is 1. The molecular weight excluding hydrogens is 290 g/mol. The lowest BCUT2D eigenvalue weighted by atomic mass is 10.1. The molecule has 0 fully saturated rings. The van der Waals surface area contributed by atoms with Crippen LogP contribution in [0.2, 0.25) is 0 Å². The van der Waals surface area contributed by atoms with Gasteiger partial charge in [-0.05, 0) is 43.3 Å². The molecule has 4 aromatic rings. The summed E-state index contributed by atoms with van der Waals surface area (Å²) in [4.78, 5) is 17.3. The molecule has 0 unspecified atom stereocenters. The molecule has 1 N–H and O–H groups in total. The van der Waals surface area contributed by atoms with Crippen molar-refractivity contribution in [2.45, 2.75) is 6.92 Å². The van der Waals surface area contributed by atoms with Gasteiger partial charge in [0.25, 0.3) is 5.56 Å². The van der Waals surface area contributed by atoms with E-state index in [0.29, 0.717) is 16.6 Å². The molecule has 0 amide bonds. The van der Waals surface area contributed by atoms with Gasteiger partial charge in [-0.15, -0.1) is 0 Å². The molecule has 5 nitrogen and oxygen atoms in total. The van der Waals surface area contributed by atoms with Crippen molar-refractivity contribution in [3.8, 4) is 17.0 Å². The third-order valence-corrected chi connectivity index (χ3v) is 4.09. The Kier molecular flexibility index (Phi) is 2.94. The van der Waals surface area contributed by atoms with E-state index in [-0.39, 0.29) is 5.56 Å². The van der Waals surface area contributed by atoms with Crippen LogP contribution in [0.4, 0.5) is 0 Å². The first-order chi connectivity index (χ1) is 11.2. The average Bonchev–Trinajstić information content (AvgIpc) is 2.93. The summed E-state index contributed by atoms with van der Waals surface area (Å²) in [6.45, 7) is 1.96. The number of aromatic nitrogens is 3. The van der Waals surface area contributed by atoms with Gasteiger partial charge in [0.05, 0.1) is 23.7 Å². The van der Waals surface area contributed by atoms with Crippen LogP contribution in [0.5, 0.6) is 5.75 Å². The van der Waals surface area contributed by atoms with Crippen molar-refractivity contribution in [3.05, 3.63) is 64.4 Å². The van der Waals surface area contributed by atoms with E-state index in [1.54, 1.807) is 13.2 Å². The van der Waals surface area contributed by atoms with Crippen molar-refractivity contribution in [3.63, 3.8) is 0 Å². The van der Waals surface area contributed by atoms with Crippen LogP contribution in [0.25, 0.3) is 27.8 Å². The molecule has 0 aliphatic carbocycles. The number of benzene rings is 2. The number of rotatable bonds is 2. The van der Waals surface area contributed by atoms with E-state index < -0.39 is 0 Å². The summed E-state index contributed by atoms with van der Waals surface area (Å²) >= 11 is 0. The maximum absolute atomic E-state index is 12.7. The zero-order valence-electron chi connectivity index (χ0n) is 12.8. The first-order valence-corrected chi connectivity index (χ1v) is 7.33. The lowest BCUT2D eigenvalue weighted by molar-refractivity contribution is 0.415. The number of aryl methyl sites for hydroxylation is 1. The SMILES string of the molecule is COc1ccc(-c2[nH]n3c(=O)c4ccccc4nc3c2C)cc1. The second-order valence-electron chi connectivity index (χ2n) is 5.43. The fourth-order valence-corrected chi connectivity index (χ4v) is 2.83. The minimum absolute atomic E-state index is 0.0894. The van der Waals surface area contributed by atoms with Crippen LogP contribution in [0.3, 0.4) is 0 Å². The summed E-state index contributed by atoms with van der Waals surface area (Å²) in [5, 5.41) is 3.78. The Morgan fingerprint density at radius 2 is 1.83 bits per heavy atom. The summed E-state index contributed by atoms with van der Waals surface area (Å²) < 4.78 is 6.70. The standard InChI is InChI=1S/C18H15N3O2/c1-11-16(12-7-9-13(23-2)10-8-12)20-21-17(11)19-15-6-4-3-5-14(15)18(21)22/h3-10,20H,1-2H3. The molecule has 2 aromatic carbocycles. The molecule has 0 atom stereocenters. The van der Waals surface area contributed by atoms with Gasteiger partial charge in [0.15, 0.2) is 5.65 Å². The number of hydrogen-bond acceptors (Lipinski definition) is 3. The highest BCUT2D eigenvalue weighted by atomic mass is 16.5. The minimum atomic E-state index is -0.0894. The van der Waals surface area contributed by atoms with Crippen LogP contribution < -0.4 is 10.3 Å². The first kappa shape index (κ1) is 13.6. The monoisotopic (exact) mass is 305 g/mol. The van der Waals surface area contributed by atoms with E-state index in [1.807, 2.05) is 49.4 Å². The van der Waals surface area contributed by atoms with Gasteiger partial charge in [0.1, 0.15) is 5.75 Å². The topological polar surface area (TPSA) is 59.4 Å².